The van der Waals surface area contributed by atoms with Gasteiger partial charge < -0.3 is 10.1 Å². The lowest BCUT2D eigenvalue weighted by Crippen LogP contribution is -2.12. The number of anilines is 1. The molecule has 0 bridgehead atoms. The van der Waals surface area contributed by atoms with Crippen LogP contribution >= 0.6 is 23.2 Å². The topological polar surface area (TPSA) is 56.2 Å². The Labute approximate surface area is 190 Å². The summed E-state index contributed by atoms with van der Waals surface area (Å²) in [5, 5.41) is 7.99. The Morgan fingerprint density at radius 3 is 2.58 bits per heavy atom. The second-order valence-corrected chi connectivity index (χ2v) is 7.69. The first kappa shape index (κ1) is 21.0. The van der Waals surface area contributed by atoms with Crippen LogP contribution in [0.1, 0.15) is 21.5 Å². The van der Waals surface area contributed by atoms with Gasteiger partial charge in [-0.25, -0.2) is 0 Å². The van der Waals surface area contributed by atoms with Gasteiger partial charge in [-0.3, -0.25) is 9.48 Å². The molecule has 0 unspecified atom stereocenters. The molecule has 4 rings (SSSR count). The van der Waals surface area contributed by atoms with Gasteiger partial charge in [0.1, 0.15) is 17.4 Å². The highest BCUT2D eigenvalue weighted by atomic mass is 35.5. The first-order chi connectivity index (χ1) is 15.1. The minimum absolute atomic E-state index is 0.220. The molecule has 156 valence electrons. The maximum atomic E-state index is 12.7. The third-order valence-corrected chi connectivity index (χ3v) is 5.38. The molecule has 1 N–H and O–H groups in total. The zero-order chi connectivity index (χ0) is 21.6. The fourth-order valence-corrected chi connectivity index (χ4v) is 3.39. The summed E-state index contributed by atoms with van der Waals surface area (Å²) >= 11 is 12.2. The van der Waals surface area contributed by atoms with Gasteiger partial charge >= 0.3 is 0 Å². The van der Waals surface area contributed by atoms with Crippen LogP contribution in [-0.4, -0.2) is 15.7 Å². The molecule has 1 aromatic heterocycles. The number of rotatable bonds is 7. The molecule has 31 heavy (non-hydrogen) atoms. The van der Waals surface area contributed by atoms with Gasteiger partial charge in [-0.15, -0.1) is 0 Å². The van der Waals surface area contributed by atoms with Crippen LogP contribution in [0.4, 0.5) is 5.69 Å². The zero-order valence-electron chi connectivity index (χ0n) is 16.5. The van der Waals surface area contributed by atoms with E-state index in [0.717, 1.165) is 11.1 Å². The lowest BCUT2D eigenvalue weighted by molar-refractivity contribution is 0.102. The molecular weight excluding hydrogens is 433 g/mol. The number of aromatic nitrogens is 2. The molecule has 5 nitrogen and oxygen atoms in total. The number of amides is 1. The fourth-order valence-electron chi connectivity index (χ4n) is 3.05. The quantitative estimate of drug-likeness (QED) is 0.370. The first-order valence-corrected chi connectivity index (χ1v) is 10.4. The standard InChI is InChI=1S/C24H19Cl2N3O2/c25-21-10-5-11-22(23(21)26)31-16-18-8-4-9-19(12-18)24(30)28-20-13-27-29(15-20)14-17-6-2-1-3-7-17/h1-13,15H,14,16H2,(H,28,30). The highest BCUT2D eigenvalue weighted by molar-refractivity contribution is 6.42. The molecule has 0 spiro atoms. The molecule has 3 aromatic carbocycles. The van der Waals surface area contributed by atoms with Gasteiger partial charge in [-0.05, 0) is 35.4 Å². The van der Waals surface area contributed by atoms with E-state index in [2.05, 4.69) is 10.4 Å². The minimum atomic E-state index is -0.220. The number of nitrogens with zero attached hydrogens (tertiary/aromatic N) is 2. The van der Waals surface area contributed by atoms with Crippen molar-refractivity contribution in [2.45, 2.75) is 13.2 Å². The Hall–Kier alpha value is -3.28. The molecule has 0 atom stereocenters. The van der Waals surface area contributed by atoms with E-state index in [1.165, 1.54) is 0 Å². The Morgan fingerprint density at radius 1 is 0.968 bits per heavy atom. The lowest BCUT2D eigenvalue weighted by atomic mass is 10.1. The van der Waals surface area contributed by atoms with Crippen molar-refractivity contribution in [2.75, 3.05) is 5.32 Å². The van der Waals surface area contributed by atoms with Gasteiger partial charge in [0.2, 0.25) is 0 Å². The molecule has 0 saturated heterocycles. The zero-order valence-corrected chi connectivity index (χ0v) is 18.0. The van der Waals surface area contributed by atoms with Gasteiger partial charge in [-0.1, -0.05) is 71.7 Å². The van der Waals surface area contributed by atoms with Crippen LogP contribution in [0.15, 0.2) is 85.2 Å². The van der Waals surface area contributed by atoms with E-state index in [9.17, 15) is 4.79 Å². The molecule has 0 saturated carbocycles. The van der Waals surface area contributed by atoms with Crippen molar-refractivity contribution >= 4 is 34.8 Å². The highest BCUT2D eigenvalue weighted by Crippen LogP contribution is 2.32. The minimum Gasteiger partial charge on any atom is -0.487 e. The van der Waals surface area contributed by atoms with E-state index in [0.29, 0.717) is 33.6 Å². The number of carbonyl (C=O) groups excluding carboxylic acids is 1. The summed E-state index contributed by atoms with van der Waals surface area (Å²) < 4.78 is 7.54. The van der Waals surface area contributed by atoms with Gasteiger partial charge in [-0.2, -0.15) is 5.10 Å². The molecule has 0 aliphatic rings. The van der Waals surface area contributed by atoms with Crippen molar-refractivity contribution in [2.24, 2.45) is 0 Å². The fraction of sp³-hybridized carbons (Fsp3) is 0.0833. The van der Waals surface area contributed by atoms with Crippen molar-refractivity contribution in [3.05, 3.63) is 112 Å². The van der Waals surface area contributed by atoms with Crippen molar-refractivity contribution in [1.82, 2.24) is 9.78 Å². The predicted molar refractivity (Wildman–Crippen MR) is 123 cm³/mol. The second-order valence-electron chi connectivity index (χ2n) is 6.91. The Balaban J connectivity index is 1.38. The maximum absolute atomic E-state index is 12.7. The van der Waals surface area contributed by atoms with Crippen LogP contribution < -0.4 is 10.1 Å². The molecule has 7 heteroatoms. The van der Waals surface area contributed by atoms with E-state index < -0.39 is 0 Å². The number of carbonyl (C=O) groups is 1. The van der Waals surface area contributed by atoms with Crippen molar-refractivity contribution in [1.29, 1.82) is 0 Å². The predicted octanol–water partition coefficient (Wildman–Crippen LogP) is 6.07. The molecule has 0 radical (unpaired) electrons. The number of nitrogens with one attached hydrogen (secondary N) is 1. The summed E-state index contributed by atoms with van der Waals surface area (Å²) in [7, 11) is 0. The van der Waals surface area contributed by atoms with Crippen LogP contribution in [0, 0.1) is 0 Å². The van der Waals surface area contributed by atoms with Crippen molar-refractivity contribution in [3.8, 4) is 5.75 Å². The van der Waals surface area contributed by atoms with E-state index in [1.807, 2.05) is 42.5 Å². The summed E-state index contributed by atoms with van der Waals surface area (Å²) in [6.07, 6.45) is 3.44. The van der Waals surface area contributed by atoms with E-state index in [4.69, 9.17) is 27.9 Å². The van der Waals surface area contributed by atoms with Crippen LogP contribution in [0.2, 0.25) is 10.0 Å². The third-order valence-electron chi connectivity index (χ3n) is 4.58. The summed E-state index contributed by atoms with van der Waals surface area (Å²) in [6, 6.07) is 22.4. The lowest BCUT2D eigenvalue weighted by Gasteiger charge is -2.10. The number of ether oxygens (including phenoxy) is 1. The van der Waals surface area contributed by atoms with Crippen LogP contribution in [-0.2, 0) is 13.2 Å². The molecule has 1 amide bonds. The average Bonchev–Trinajstić information content (AvgIpc) is 3.22. The summed E-state index contributed by atoms with van der Waals surface area (Å²) in [5.74, 6) is 0.275. The average molecular weight is 452 g/mol. The second kappa shape index (κ2) is 9.69. The summed E-state index contributed by atoms with van der Waals surface area (Å²) in [5.41, 5.74) is 3.13. The summed E-state index contributed by atoms with van der Waals surface area (Å²) in [6.45, 7) is 0.895. The molecule has 0 aliphatic carbocycles. The van der Waals surface area contributed by atoms with Gasteiger partial charge in [0, 0.05) is 11.8 Å². The molecule has 0 fully saturated rings. The Bertz CT molecular complexity index is 1190. The van der Waals surface area contributed by atoms with Crippen molar-refractivity contribution < 1.29 is 9.53 Å². The maximum Gasteiger partial charge on any atom is 0.255 e. The smallest absolute Gasteiger partial charge is 0.255 e. The number of hydrogen-bond donors (Lipinski definition) is 1. The van der Waals surface area contributed by atoms with Crippen LogP contribution in [0.3, 0.4) is 0 Å². The van der Waals surface area contributed by atoms with Gasteiger partial charge in [0.05, 0.1) is 23.5 Å². The SMILES string of the molecule is O=C(Nc1cnn(Cc2ccccc2)c1)c1cccc(COc2cccc(Cl)c2Cl)c1. The molecule has 1 heterocycles. The largest absolute Gasteiger partial charge is 0.487 e. The van der Waals surface area contributed by atoms with Crippen LogP contribution in [0.5, 0.6) is 5.75 Å². The monoisotopic (exact) mass is 451 g/mol. The number of halogens is 2. The van der Waals surface area contributed by atoms with Crippen LogP contribution in [0.25, 0.3) is 0 Å². The Morgan fingerprint density at radius 2 is 1.74 bits per heavy atom. The number of hydrogen-bond acceptors (Lipinski definition) is 3. The molecule has 4 aromatic rings. The summed E-state index contributed by atoms with van der Waals surface area (Å²) in [4.78, 5) is 12.7. The number of benzene rings is 3. The molecular formula is C24H19Cl2N3O2. The van der Waals surface area contributed by atoms with E-state index in [-0.39, 0.29) is 12.5 Å². The Kier molecular flexibility index (Phi) is 6.55. The van der Waals surface area contributed by atoms with Crippen molar-refractivity contribution in [3.63, 3.8) is 0 Å². The van der Waals surface area contributed by atoms with E-state index in [1.54, 1.807) is 47.4 Å². The highest BCUT2D eigenvalue weighted by Gasteiger charge is 2.10. The first-order valence-electron chi connectivity index (χ1n) is 9.62. The normalized spacial score (nSPS) is 10.6. The molecule has 0 aliphatic heterocycles. The van der Waals surface area contributed by atoms with Gasteiger partial charge in [0.25, 0.3) is 5.91 Å². The van der Waals surface area contributed by atoms with E-state index >= 15 is 0 Å². The van der Waals surface area contributed by atoms with Gasteiger partial charge in [0.15, 0.2) is 0 Å². The third kappa shape index (κ3) is 5.45.